The van der Waals surface area contributed by atoms with E-state index in [4.69, 9.17) is 22.3 Å². The number of aryl methyl sites for hydroxylation is 1. The summed E-state index contributed by atoms with van der Waals surface area (Å²) in [6, 6.07) is 11.5. The van der Waals surface area contributed by atoms with Crippen LogP contribution in [0, 0.1) is 10.1 Å². The van der Waals surface area contributed by atoms with Gasteiger partial charge in [-0.2, -0.15) is 0 Å². The van der Waals surface area contributed by atoms with Crippen LogP contribution in [-0.2, 0) is 15.5 Å². The molecule has 0 aromatic heterocycles. The van der Waals surface area contributed by atoms with Gasteiger partial charge in [0, 0.05) is 29.0 Å². The summed E-state index contributed by atoms with van der Waals surface area (Å²) in [6.45, 7) is 1.14. The highest BCUT2D eigenvalue weighted by molar-refractivity contribution is 8.13. The lowest BCUT2D eigenvalue weighted by Gasteiger charge is -2.16. The third-order valence-corrected chi connectivity index (χ3v) is 5.02. The molecule has 9 heteroatoms. The Morgan fingerprint density at radius 1 is 1.17 bits per heavy atom. The Kier molecular flexibility index (Phi) is 6.04. The smallest absolute Gasteiger partial charge is 0.289 e. The van der Waals surface area contributed by atoms with E-state index in [1.54, 1.807) is 0 Å². The van der Waals surface area contributed by atoms with Crippen molar-refractivity contribution < 1.29 is 13.3 Å². The van der Waals surface area contributed by atoms with Crippen molar-refractivity contribution in [2.75, 3.05) is 11.9 Å². The number of hydrogen-bond acceptors (Lipinski definition) is 5. The van der Waals surface area contributed by atoms with Crippen LogP contribution in [0.25, 0.3) is 0 Å². The van der Waals surface area contributed by atoms with E-state index in [1.807, 2.05) is 0 Å². The number of para-hydroxylation sites is 1. The number of benzene rings is 2. The lowest BCUT2D eigenvalue weighted by atomic mass is 10.0. The van der Waals surface area contributed by atoms with Crippen LogP contribution >= 0.6 is 22.3 Å². The molecule has 1 N–H and O–H groups in total. The van der Waals surface area contributed by atoms with Gasteiger partial charge in [-0.15, -0.1) is 0 Å². The first-order chi connectivity index (χ1) is 11.3. The van der Waals surface area contributed by atoms with Gasteiger partial charge in [0.15, 0.2) is 0 Å². The highest BCUT2D eigenvalue weighted by atomic mass is 35.7. The van der Waals surface area contributed by atoms with Crippen molar-refractivity contribution in [3.8, 4) is 0 Å². The Balaban J connectivity index is 0.000000182. The van der Waals surface area contributed by atoms with Gasteiger partial charge in [0.1, 0.15) is 5.02 Å². The zero-order chi connectivity index (χ0) is 17.7. The fourth-order valence-electron chi connectivity index (χ4n) is 2.20. The number of rotatable bonds is 2. The Hall–Kier alpha value is -1.83. The van der Waals surface area contributed by atoms with Gasteiger partial charge in [-0.3, -0.25) is 10.1 Å². The van der Waals surface area contributed by atoms with Gasteiger partial charge in [0.25, 0.3) is 14.7 Å². The molecular weight excluding hydrogens is 375 g/mol. The van der Waals surface area contributed by atoms with E-state index in [-0.39, 0.29) is 9.92 Å². The summed E-state index contributed by atoms with van der Waals surface area (Å²) in [6.07, 6.45) is 2.51. The minimum atomic E-state index is -3.97. The van der Waals surface area contributed by atoms with E-state index in [0.717, 1.165) is 24.7 Å². The molecule has 0 atom stereocenters. The van der Waals surface area contributed by atoms with Gasteiger partial charge in [0.05, 0.1) is 9.82 Å². The predicted octanol–water partition coefficient (Wildman–Crippen LogP) is 4.22. The maximum absolute atomic E-state index is 10.8. The largest absolute Gasteiger partial charge is 0.385 e. The molecule has 0 unspecified atom stereocenters. The third kappa shape index (κ3) is 4.83. The fraction of sp³-hybridized carbons (Fsp3) is 0.200. The second-order valence-electron chi connectivity index (χ2n) is 5.00. The molecule has 2 aromatic carbocycles. The van der Waals surface area contributed by atoms with Gasteiger partial charge in [-0.05, 0) is 36.6 Å². The SMILES string of the molecule is O=[N+]([O-])c1cc(S(=O)(=O)Cl)ccc1Cl.c1ccc2c(c1)CCCN2. The van der Waals surface area contributed by atoms with E-state index in [2.05, 4.69) is 29.6 Å². The summed E-state index contributed by atoms with van der Waals surface area (Å²) in [7, 11) is 1.03. The number of nitro groups is 1. The monoisotopic (exact) mass is 388 g/mol. The molecule has 0 radical (unpaired) electrons. The van der Waals surface area contributed by atoms with Crippen LogP contribution < -0.4 is 5.32 Å². The summed E-state index contributed by atoms with van der Waals surface area (Å²) in [5, 5.41) is 13.6. The molecule has 0 saturated heterocycles. The van der Waals surface area contributed by atoms with Gasteiger partial charge >= 0.3 is 0 Å². The van der Waals surface area contributed by atoms with Gasteiger partial charge in [0.2, 0.25) is 0 Å². The van der Waals surface area contributed by atoms with Crippen molar-refractivity contribution >= 4 is 42.7 Å². The maximum Gasteiger partial charge on any atom is 0.289 e. The van der Waals surface area contributed by atoms with Crippen LogP contribution in [0.5, 0.6) is 0 Å². The molecular formula is C15H14Cl2N2O4S. The second-order valence-corrected chi connectivity index (χ2v) is 7.97. The summed E-state index contributed by atoms with van der Waals surface area (Å²) in [5.41, 5.74) is 2.30. The zero-order valence-corrected chi connectivity index (χ0v) is 14.7. The number of halogens is 2. The van der Waals surface area contributed by atoms with Gasteiger partial charge in [-0.25, -0.2) is 8.42 Å². The molecule has 1 heterocycles. The minimum Gasteiger partial charge on any atom is -0.385 e. The van der Waals surface area contributed by atoms with Gasteiger partial charge in [-0.1, -0.05) is 29.8 Å². The van der Waals surface area contributed by atoms with Crippen LogP contribution in [0.2, 0.25) is 5.02 Å². The Labute approximate surface area is 149 Å². The van der Waals surface area contributed by atoms with Crippen LogP contribution in [0.3, 0.4) is 0 Å². The topological polar surface area (TPSA) is 89.3 Å². The van der Waals surface area contributed by atoms with Crippen molar-refractivity contribution in [2.24, 2.45) is 0 Å². The molecule has 0 spiro atoms. The Morgan fingerprint density at radius 2 is 1.88 bits per heavy atom. The number of nitro benzene ring substituents is 1. The van der Waals surface area contributed by atoms with E-state index < -0.39 is 19.7 Å². The first kappa shape index (κ1) is 18.5. The maximum atomic E-state index is 10.8. The number of nitrogens with zero attached hydrogens (tertiary/aromatic N) is 1. The van der Waals surface area contributed by atoms with Crippen molar-refractivity contribution in [3.05, 3.63) is 63.2 Å². The molecule has 1 aliphatic rings. The summed E-state index contributed by atoms with van der Waals surface area (Å²) < 4.78 is 21.6. The van der Waals surface area contributed by atoms with E-state index in [9.17, 15) is 18.5 Å². The number of hydrogen-bond donors (Lipinski definition) is 1. The van der Waals surface area contributed by atoms with E-state index >= 15 is 0 Å². The average Bonchev–Trinajstić information content (AvgIpc) is 2.54. The summed E-state index contributed by atoms with van der Waals surface area (Å²) >= 11 is 5.46. The molecule has 6 nitrogen and oxygen atoms in total. The van der Waals surface area contributed by atoms with Crippen LogP contribution in [0.1, 0.15) is 12.0 Å². The highest BCUT2D eigenvalue weighted by Gasteiger charge is 2.18. The van der Waals surface area contributed by atoms with Crippen LogP contribution in [-0.4, -0.2) is 19.9 Å². The van der Waals surface area contributed by atoms with Gasteiger partial charge < -0.3 is 5.32 Å². The molecule has 0 saturated carbocycles. The van der Waals surface area contributed by atoms with Crippen molar-refractivity contribution in [1.82, 2.24) is 0 Å². The van der Waals surface area contributed by atoms with Crippen molar-refractivity contribution in [1.29, 1.82) is 0 Å². The fourth-order valence-corrected chi connectivity index (χ4v) is 3.15. The summed E-state index contributed by atoms with van der Waals surface area (Å²) in [5.74, 6) is 0. The molecule has 3 rings (SSSR count). The number of nitrogens with one attached hydrogen (secondary N) is 1. The first-order valence-electron chi connectivity index (χ1n) is 6.99. The number of fused-ring (bicyclic) bond motifs is 1. The molecule has 2 aromatic rings. The minimum absolute atomic E-state index is 0.140. The molecule has 0 aliphatic carbocycles. The first-order valence-corrected chi connectivity index (χ1v) is 9.68. The second kappa shape index (κ2) is 7.83. The highest BCUT2D eigenvalue weighted by Crippen LogP contribution is 2.28. The molecule has 24 heavy (non-hydrogen) atoms. The summed E-state index contributed by atoms with van der Waals surface area (Å²) in [4.78, 5) is 9.25. The van der Waals surface area contributed by atoms with Crippen LogP contribution in [0.15, 0.2) is 47.4 Å². The standard InChI is InChI=1S/C9H11N.C6H3Cl2NO4S/c1-2-6-9-8(4-1)5-3-7-10-9;7-5-2-1-4(14(8,12)13)3-6(5)9(10)11/h1-2,4,6,10H,3,5,7H2;1-3H. The molecule has 0 amide bonds. The molecule has 0 fully saturated rings. The lowest BCUT2D eigenvalue weighted by Crippen LogP contribution is -2.10. The Morgan fingerprint density at radius 3 is 2.50 bits per heavy atom. The van der Waals surface area contributed by atoms with E-state index in [1.165, 1.54) is 24.1 Å². The third-order valence-electron chi connectivity index (χ3n) is 3.35. The van der Waals surface area contributed by atoms with Crippen molar-refractivity contribution in [2.45, 2.75) is 17.7 Å². The molecule has 0 bridgehead atoms. The average molecular weight is 389 g/mol. The van der Waals surface area contributed by atoms with Crippen molar-refractivity contribution in [3.63, 3.8) is 0 Å². The predicted molar refractivity (Wildman–Crippen MR) is 94.4 cm³/mol. The normalized spacial score (nSPS) is 13.1. The number of anilines is 1. The molecule has 128 valence electrons. The quantitative estimate of drug-likeness (QED) is 0.472. The van der Waals surface area contributed by atoms with Crippen LogP contribution in [0.4, 0.5) is 11.4 Å². The Bertz CT molecular complexity index is 831. The zero-order valence-electron chi connectivity index (χ0n) is 12.4. The molecule has 1 aliphatic heterocycles. The lowest BCUT2D eigenvalue weighted by molar-refractivity contribution is -0.384. The van der Waals surface area contributed by atoms with E-state index in [0.29, 0.717) is 0 Å².